The molecule has 3 aromatic rings. The molecule has 0 radical (unpaired) electrons. The number of aliphatic hydroxyl groups is 1. The number of nitrogens with one attached hydrogen (secondary N) is 2. The van der Waals surface area contributed by atoms with Crippen LogP contribution in [0.15, 0.2) is 66.9 Å². The van der Waals surface area contributed by atoms with Crippen molar-refractivity contribution in [2.75, 3.05) is 0 Å². The topological polar surface area (TPSA) is 96.2 Å². The predicted molar refractivity (Wildman–Crippen MR) is 109 cm³/mol. The second-order valence-corrected chi connectivity index (χ2v) is 7.51. The smallest absolute Gasteiger partial charge is 0.363 e. The highest BCUT2D eigenvalue weighted by atomic mass is 19.4. The van der Waals surface area contributed by atoms with Gasteiger partial charge in [-0.25, -0.2) is 9.48 Å². The molecule has 10 heteroatoms. The van der Waals surface area contributed by atoms with Gasteiger partial charge >= 0.3 is 12.2 Å². The Bertz CT molecular complexity index is 1150. The molecule has 1 aliphatic heterocycles. The average molecular weight is 444 g/mol. The van der Waals surface area contributed by atoms with Crippen LogP contribution in [0.3, 0.4) is 0 Å². The molecule has 0 aliphatic carbocycles. The number of nitrogens with zero attached hydrogens (tertiary/aromatic N) is 2. The van der Waals surface area contributed by atoms with E-state index in [1.165, 1.54) is 16.2 Å². The van der Waals surface area contributed by atoms with Gasteiger partial charge in [0, 0.05) is 17.3 Å². The number of alkyl halides is 3. The summed E-state index contributed by atoms with van der Waals surface area (Å²) in [6.07, 6.45) is -3.83. The zero-order valence-electron chi connectivity index (χ0n) is 16.8. The van der Waals surface area contributed by atoms with Crippen molar-refractivity contribution < 1.29 is 27.9 Å². The number of ketones is 1. The summed E-state index contributed by atoms with van der Waals surface area (Å²) in [5, 5.41) is 18.9. The molecule has 0 bridgehead atoms. The van der Waals surface area contributed by atoms with E-state index in [1.807, 2.05) is 0 Å². The van der Waals surface area contributed by atoms with Crippen LogP contribution in [0.5, 0.6) is 0 Å². The van der Waals surface area contributed by atoms with Gasteiger partial charge < -0.3 is 15.7 Å². The molecule has 2 heterocycles. The van der Waals surface area contributed by atoms with Gasteiger partial charge in [0.1, 0.15) is 5.78 Å². The number of urea groups is 1. The Balaban J connectivity index is 1.93. The van der Waals surface area contributed by atoms with Gasteiger partial charge in [-0.15, -0.1) is 0 Å². The Morgan fingerprint density at radius 2 is 1.69 bits per heavy atom. The third-order valence-corrected chi connectivity index (χ3v) is 5.39. The molecule has 166 valence electrons. The van der Waals surface area contributed by atoms with Crippen LogP contribution >= 0.6 is 0 Å². The number of Topliss-reactive ketones (excluding diaryl/α,β-unsaturated/α-hetero) is 1. The fourth-order valence-electron chi connectivity index (χ4n) is 3.93. The number of aromatic nitrogens is 2. The van der Waals surface area contributed by atoms with Gasteiger partial charge in [-0.05, 0) is 19.1 Å². The quantitative estimate of drug-likeness (QED) is 0.575. The first kappa shape index (κ1) is 21.6. The van der Waals surface area contributed by atoms with Crippen LogP contribution in [0.2, 0.25) is 0 Å². The predicted octanol–water partition coefficient (Wildman–Crippen LogP) is 3.35. The largest absolute Gasteiger partial charge is 0.437 e. The van der Waals surface area contributed by atoms with Crippen molar-refractivity contribution in [3.8, 4) is 16.9 Å². The molecule has 7 nitrogen and oxygen atoms in total. The number of para-hydroxylation sites is 1. The van der Waals surface area contributed by atoms with E-state index >= 15 is 0 Å². The van der Waals surface area contributed by atoms with Crippen molar-refractivity contribution in [3.63, 3.8) is 0 Å². The van der Waals surface area contributed by atoms with Crippen LogP contribution < -0.4 is 10.6 Å². The molecular weight excluding hydrogens is 425 g/mol. The summed E-state index contributed by atoms with van der Waals surface area (Å²) in [4.78, 5) is 24.6. The summed E-state index contributed by atoms with van der Waals surface area (Å²) in [7, 11) is 0. The SMILES string of the molecule is CC(=O)[C@@H]1[C@H](c2cn(-c3ccccc3)nc2-c2ccccc2)NC(=O)N[C@@]1(O)C(F)(F)F. The van der Waals surface area contributed by atoms with Crippen LogP contribution in [0.1, 0.15) is 18.5 Å². The van der Waals surface area contributed by atoms with Crippen LogP contribution in [-0.4, -0.2) is 38.6 Å². The highest BCUT2D eigenvalue weighted by Gasteiger charge is 2.66. The second kappa shape index (κ2) is 7.79. The number of hydrogen-bond acceptors (Lipinski definition) is 4. The molecule has 0 spiro atoms. The molecule has 1 aromatic heterocycles. The molecule has 0 unspecified atom stereocenters. The summed E-state index contributed by atoms with van der Waals surface area (Å²) >= 11 is 0. The lowest BCUT2D eigenvalue weighted by Crippen LogP contribution is -2.72. The highest BCUT2D eigenvalue weighted by Crippen LogP contribution is 2.44. The molecule has 2 amide bonds. The third-order valence-electron chi connectivity index (χ3n) is 5.39. The van der Waals surface area contributed by atoms with Crippen molar-refractivity contribution in [1.29, 1.82) is 0 Å². The first-order valence-electron chi connectivity index (χ1n) is 9.70. The van der Waals surface area contributed by atoms with E-state index < -0.39 is 35.7 Å². The van der Waals surface area contributed by atoms with E-state index in [1.54, 1.807) is 60.7 Å². The van der Waals surface area contributed by atoms with Gasteiger partial charge in [0.2, 0.25) is 5.72 Å². The Labute approximate surface area is 180 Å². The van der Waals surface area contributed by atoms with E-state index in [4.69, 9.17) is 0 Å². The normalized spacial score (nSPS) is 23.3. The van der Waals surface area contributed by atoms with Crippen LogP contribution in [0.4, 0.5) is 18.0 Å². The van der Waals surface area contributed by atoms with Gasteiger partial charge in [0.15, 0.2) is 0 Å². The molecule has 1 aliphatic rings. The molecule has 32 heavy (non-hydrogen) atoms. The van der Waals surface area contributed by atoms with Crippen molar-refractivity contribution >= 4 is 11.8 Å². The van der Waals surface area contributed by atoms with Crippen molar-refractivity contribution in [2.45, 2.75) is 24.9 Å². The van der Waals surface area contributed by atoms with Gasteiger partial charge in [-0.3, -0.25) is 4.79 Å². The Hall–Kier alpha value is -3.66. The highest BCUT2D eigenvalue weighted by molar-refractivity contribution is 5.86. The lowest BCUT2D eigenvalue weighted by molar-refractivity contribution is -0.290. The maximum absolute atomic E-state index is 13.8. The maximum atomic E-state index is 13.8. The summed E-state index contributed by atoms with van der Waals surface area (Å²) in [6.45, 7) is 0.942. The summed E-state index contributed by atoms with van der Waals surface area (Å²) < 4.78 is 42.9. The molecule has 3 N–H and O–H groups in total. The fraction of sp³-hybridized carbons (Fsp3) is 0.227. The minimum Gasteiger partial charge on any atom is -0.363 e. The van der Waals surface area contributed by atoms with E-state index in [9.17, 15) is 27.9 Å². The minimum absolute atomic E-state index is 0.165. The van der Waals surface area contributed by atoms with Crippen molar-refractivity contribution in [2.24, 2.45) is 5.92 Å². The molecule has 0 saturated carbocycles. The molecule has 1 saturated heterocycles. The average Bonchev–Trinajstić information content (AvgIpc) is 3.19. The van der Waals surface area contributed by atoms with E-state index in [0.717, 1.165) is 6.92 Å². The Kier molecular flexibility index (Phi) is 5.25. The number of amides is 2. The number of carbonyl (C=O) groups is 2. The Morgan fingerprint density at radius 1 is 1.09 bits per heavy atom. The third kappa shape index (κ3) is 3.62. The second-order valence-electron chi connectivity index (χ2n) is 7.51. The van der Waals surface area contributed by atoms with Crippen LogP contribution in [-0.2, 0) is 4.79 Å². The minimum atomic E-state index is -5.29. The van der Waals surface area contributed by atoms with E-state index in [0.29, 0.717) is 11.3 Å². The molecule has 3 atom stereocenters. The summed E-state index contributed by atoms with van der Waals surface area (Å²) in [5.74, 6) is -3.00. The maximum Gasteiger partial charge on any atom is 0.437 e. The lowest BCUT2D eigenvalue weighted by atomic mass is 9.79. The van der Waals surface area contributed by atoms with Gasteiger partial charge in [0.05, 0.1) is 23.3 Å². The van der Waals surface area contributed by atoms with Gasteiger partial charge in [-0.2, -0.15) is 18.3 Å². The first-order valence-corrected chi connectivity index (χ1v) is 9.70. The van der Waals surface area contributed by atoms with Crippen molar-refractivity contribution in [1.82, 2.24) is 20.4 Å². The first-order chi connectivity index (χ1) is 15.1. The number of carbonyl (C=O) groups excluding carboxylic acids is 2. The fourth-order valence-corrected chi connectivity index (χ4v) is 3.93. The van der Waals surface area contributed by atoms with Gasteiger partial charge in [0.25, 0.3) is 0 Å². The number of rotatable bonds is 4. The monoisotopic (exact) mass is 444 g/mol. The van der Waals surface area contributed by atoms with E-state index in [-0.39, 0.29) is 11.3 Å². The van der Waals surface area contributed by atoms with Crippen molar-refractivity contribution in [3.05, 3.63) is 72.4 Å². The molecule has 1 fully saturated rings. The molecule has 4 rings (SSSR count). The summed E-state index contributed by atoms with van der Waals surface area (Å²) in [6, 6.07) is 14.8. The van der Waals surface area contributed by atoms with E-state index in [2.05, 4.69) is 10.4 Å². The summed E-state index contributed by atoms with van der Waals surface area (Å²) in [5.41, 5.74) is -2.10. The number of hydrogen-bond donors (Lipinski definition) is 3. The zero-order valence-corrected chi connectivity index (χ0v) is 16.8. The van der Waals surface area contributed by atoms with Crippen LogP contribution in [0, 0.1) is 5.92 Å². The van der Waals surface area contributed by atoms with Gasteiger partial charge in [-0.1, -0.05) is 48.5 Å². The van der Waals surface area contributed by atoms with Crippen LogP contribution in [0.25, 0.3) is 16.9 Å². The molecule has 2 aromatic carbocycles. The number of benzene rings is 2. The standard InChI is InChI=1S/C22H19F3N4O3/c1-13(30)17-19(26-20(31)27-21(17,32)22(23,24)25)16-12-29(15-10-6-3-7-11-15)28-18(16)14-8-4-2-5-9-14/h2-12,17,19,32H,1H3,(H2,26,27,31)/t17-,19+,21+/m1/s1. The zero-order chi connectivity index (χ0) is 23.1. The molecular formula is C22H19F3N4O3. The lowest BCUT2D eigenvalue weighted by Gasteiger charge is -2.44. The number of halogens is 3. The Morgan fingerprint density at radius 3 is 2.25 bits per heavy atom.